The summed E-state index contributed by atoms with van der Waals surface area (Å²) in [7, 11) is 1.57. The normalized spacial score (nSPS) is 13.2. The van der Waals surface area contributed by atoms with Gasteiger partial charge in [-0.05, 0) is 33.6 Å². The van der Waals surface area contributed by atoms with Gasteiger partial charge in [0.05, 0.1) is 23.7 Å². The van der Waals surface area contributed by atoms with Gasteiger partial charge in [-0.2, -0.15) is 13.2 Å². The van der Waals surface area contributed by atoms with Crippen molar-refractivity contribution in [1.82, 2.24) is 0 Å². The van der Waals surface area contributed by atoms with Gasteiger partial charge in [-0.1, -0.05) is 6.07 Å². The van der Waals surface area contributed by atoms with Gasteiger partial charge in [0.15, 0.2) is 0 Å². The largest absolute Gasteiger partial charge is 0.490 e. The van der Waals surface area contributed by atoms with Gasteiger partial charge >= 0.3 is 6.18 Å². The number of hydrogen-bond donors (Lipinski definition) is 1. The highest BCUT2D eigenvalue weighted by Gasteiger charge is 2.27. The minimum Gasteiger partial charge on any atom is -0.490 e. The van der Waals surface area contributed by atoms with E-state index in [0.29, 0.717) is 29.0 Å². The van der Waals surface area contributed by atoms with Crippen LogP contribution < -0.4 is 10.5 Å². The molecule has 0 aliphatic heterocycles. The second-order valence-electron chi connectivity index (χ2n) is 4.27. The van der Waals surface area contributed by atoms with Crippen LogP contribution in [0.5, 0.6) is 5.75 Å². The van der Waals surface area contributed by atoms with Crippen LogP contribution in [0.2, 0.25) is 0 Å². The molecule has 1 unspecified atom stereocenters. The first-order valence-corrected chi connectivity index (χ1v) is 6.94. The first-order valence-electron chi connectivity index (χ1n) is 6.14. The molecule has 4 nitrogen and oxygen atoms in total. The van der Waals surface area contributed by atoms with Gasteiger partial charge in [-0.15, -0.1) is 0 Å². The van der Waals surface area contributed by atoms with E-state index in [1.165, 1.54) is 0 Å². The summed E-state index contributed by atoms with van der Waals surface area (Å²) in [4.78, 5) is 0. The quantitative estimate of drug-likeness (QED) is 0.713. The van der Waals surface area contributed by atoms with E-state index in [9.17, 15) is 13.2 Å². The fourth-order valence-electron chi connectivity index (χ4n) is 1.50. The Morgan fingerprint density at radius 2 is 2.00 bits per heavy atom. The molecule has 120 valence electrons. The number of benzene rings is 1. The van der Waals surface area contributed by atoms with Crippen molar-refractivity contribution in [3.63, 3.8) is 0 Å². The summed E-state index contributed by atoms with van der Waals surface area (Å²) in [6.45, 7) is -0.663. The molecule has 0 bridgehead atoms. The van der Waals surface area contributed by atoms with E-state index in [2.05, 4.69) is 20.7 Å². The predicted molar refractivity (Wildman–Crippen MR) is 75.3 cm³/mol. The van der Waals surface area contributed by atoms with Gasteiger partial charge in [0.2, 0.25) is 0 Å². The van der Waals surface area contributed by atoms with Gasteiger partial charge in [0.1, 0.15) is 19.0 Å². The molecule has 0 saturated carbocycles. The van der Waals surface area contributed by atoms with Crippen LogP contribution in [-0.2, 0) is 9.47 Å². The first kappa shape index (κ1) is 18.2. The van der Waals surface area contributed by atoms with E-state index in [-0.39, 0.29) is 6.61 Å². The zero-order valence-electron chi connectivity index (χ0n) is 11.5. The van der Waals surface area contributed by atoms with Crippen LogP contribution in [0, 0.1) is 0 Å². The summed E-state index contributed by atoms with van der Waals surface area (Å²) in [5.41, 5.74) is 6.45. The molecule has 0 fully saturated rings. The maximum atomic E-state index is 12.0. The molecule has 0 amide bonds. The highest BCUT2D eigenvalue weighted by atomic mass is 79.9. The molecule has 2 N–H and O–H groups in total. The third-order valence-corrected chi connectivity index (χ3v) is 3.11. The van der Waals surface area contributed by atoms with E-state index in [1.807, 2.05) is 0 Å². The first-order chi connectivity index (χ1) is 9.83. The average Bonchev–Trinajstić information content (AvgIpc) is 2.39. The highest BCUT2D eigenvalue weighted by Crippen LogP contribution is 2.28. The molecular formula is C13H17BrF3NO3. The zero-order valence-corrected chi connectivity index (χ0v) is 13.0. The number of halogens is 4. The SMILES string of the molecule is COCCOc1ccc(C(N)COCC(F)(F)F)cc1Br. The lowest BCUT2D eigenvalue weighted by atomic mass is 10.1. The van der Waals surface area contributed by atoms with E-state index >= 15 is 0 Å². The molecule has 1 atom stereocenters. The topological polar surface area (TPSA) is 53.7 Å². The van der Waals surface area contributed by atoms with Crippen molar-refractivity contribution in [2.24, 2.45) is 5.73 Å². The smallest absolute Gasteiger partial charge is 0.411 e. The van der Waals surface area contributed by atoms with Crippen molar-refractivity contribution in [2.45, 2.75) is 12.2 Å². The molecule has 0 aliphatic carbocycles. The third kappa shape index (κ3) is 7.12. The Hall–Kier alpha value is -0.830. The summed E-state index contributed by atoms with van der Waals surface area (Å²) in [5.74, 6) is 0.610. The molecule has 21 heavy (non-hydrogen) atoms. The van der Waals surface area contributed by atoms with Crippen LogP contribution in [-0.4, -0.2) is 39.7 Å². The summed E-state index contributed by atoms with van der Waals surface area (Å²) in [6.07, 6.45) is -4.35. The van der Waals surface area contributed by atoms with E-state index in [0.717, 1.165) is 0 Å². The molecule has 0 heterocycles. The number of nitrogens with two attached hydrogens (primary N) is 1. The lowest BCUT2D eigenvalue weighted by Crippen LogP contribution is -2.23. The van der Waals surface area contributed by atoms with E-state index in [4.69, 9.17) is 15.2 Å². The fraction of sp³-hybridized carbons (Fsp3) is 0.538. The highest BCUT2D eigenvalue weighted by molar-refractivity contribution is 9.10. The number of alkyl halides is 3. The van der Waals surface area contributed by atoms with Crippen molar-refractivity contribution in [1.29, 1.82) is 0 Å². The minimum atomic E-state index is -4.35. The average molecular weight is 372 g/mol. The number of hydrogen-bond acceptors (Lipinski definition) is 4. The van der Waals surface area contributed by atoms with Crippen molar-refractivity contribution in [2.75, 3.05) is 33.5 Å². The van der Waals surface area contributed by atoms with Crippen LogP contribution in [0.4, 0.5) is 13.2 Å². The number of ether oxygens (including phenoxy) is 3. The number of methoxy groups -OCH3 is 1. The molecule has 1 aromatic carbocycles. The summed E-state index contributed by atoms with van der Waals surface area (Å²) in [6, 6.07) is 4.44. The maximum Gasteiger partial charge on any atom is 0.411 e. The number of rotatable bonds is 8. The van der Waals surface area contributed by atoms with Crippen LogP contribution in [0.1, 0.15) is 11.6 Å². The molecule has 0 spiro atoms. The molecule has 0 radical (unpaired) electrons. The van der Waals surface area contributed by atoms with Gasteiger partial charge in [0.25, 0.3) is 0 Å². The van der Waals surface area contributed by atoms with E-state index < -0.39 is 18.8 Å². The molecule has 0 aliphatic rings. The van der Waals surface area contributed by atoms with Crippen molar-refractivity contribution < 1.29 is 27.4 Å². The third-order valence-electron chi connectivity index (χ3n) is 2.49. The monoisotopic (exact) mass is 371 g/mol. The van der Waals surface area contributed by atoms with Crippen LogP contribution in [0.25, 0.3) is 0 Å². The zero-order chi connectivity index (χ0) is 15.9. The van der Waals surface area contributed by atoms with Crippen molar-refractivity contribution >= 4 is 15.9 Å². The summed E-state index contributed by atoms with van der Waals surface area (Å²) >= 11 is 3.33. The Kier molecular flexibility index (Phi) is 7.44. The lowest BCUT2D eigenvalue weighted by Gasteiger charge is -2.15. The second kappa shape index (κ2) is 8.57. The van der Waals surface area contributed by atoms with Gasteiger partial charge < -0.3 is 19.9 Å². The second-order valence-corrected chi connectivity index (χ2v) is 5.12. The summed E-state index contributed by atoms with van der Waals surface area (Å²) < 4.78 is 51.5. The fourth-order valence-corrected chi connectivity index (χ4v) is 2.01. The Morgan fingerprint density at radius 3 is 2.57 bits per heavy atom. The van der Waals surface area contributed by atoms with Crippen LogP contribution >= 0.6 is 15.9 Å². The standard InChI is InChI=1S/C13H17BrF3NO3/c1-19-4-5-21-12-3-2-9(6-10(12)14)11(18)7-20-8-13(15,16)17/h2-3,6,11H,4-5,7-8,18H2,1H3. The Morgan fingerprint density at radius 1 is 1.29 bits per heavy atom. The summed E-state index contributed by atoms with van der Waals surface area (Å²) in [5, 5.41) is 0. The molecule has 0 aromatic heterocycles. The lowest BCUT2D eigenvalue weighted by molar-refractivity contribution is -0.174. The Labute approximate surface area is 129 Å². The van der Waals surface area contributed by atoms with Crippen LogP contribution in [0.15, 0.2) is 22.7 Å². The van der Waals surface area contributed by atoms with Crippen molar-refractivity contribution in [3.05, 3.63) is 28.2 Å². The van der Waals surface area contributed by atoms with Gasteiger partial charge in [-0.25, -0.2) is 0 Å². The molecule has 1 rings (SSSR count). The van der Waals surface area contributed by atoms with Crippen molar-refractivity contribution in [3.8, 4) is 5.75 Å². The van der Waals surface area contributed by atoms with Gasteiger partial charge in [0, 0.05) is 7.11 Å². The van der Waals surface area contributed by atoms with Gasteiger partial charge in [-0.3, -0.25) is 0 Å². The molecular weight excluding hydrogens is 355 g/mol. The maximum absolute atomic E-state index is 12.0. The molecule has 8 heteroatoms. The van der Waals surface area contributed by atoms with E-state index in [1.54, 1.807) is 25.3 Å². The predicted octanol–water partition coefficient (Wildman–Crippen LogP) is 3.05. The minimum absolute atomic E-state index is 0.212. The van der Waals surface area contributed by atoms with Crippen LogP contribution in [0.3, 0.4) is 0 Å². The molecule has 1 aromatic rings. The Bertz CT molecular complexity index is 443. The molecule has 0 saturated heterocycles. The Balaban J connectivity index is 2.53.